The average Bonchev–Trinajstić information content (AvgIpc) is 2.74. The topological polar surface area (TPSA) is 37.4 Å². The third-order valence-corrected chi connectivity index (χ3v) is 3.83. The molecular formula is C12H21N3OS. The zero-order chi connectivity index (χ0) is 12.1. The highest BCUT2D eigenvalue weighted by Gasteiger charge is 2.23. The van der Waals surface area contributed by atoms with E-state index < -0.39 is 0 Å². The lowest BCUT2D eigenvalue weighted by atomic mass is 10.2. The molecule has 1 unspecified atom stereocenters. The minimum Gasteiger partial charge on any atom is -0.378 e. The van der Waals surface area contributed by atoms with Crippen LogP contribution in [0.5, 0.6) is 0 Å². The number of rotatable bonds is 5. The van der Waals surface area contributed by atoms with Gasteiger partial charge in [0.15, 0.2) is 0 Å². The van der Waals surface area contributed by atoms with E-state index in [0.29, 0.717) is 6.04 Å². The second-order valence-corrected chi connectivity index (χ2v) is 5.43. The first-order valence-corrected chi connectivity index (χ1v) is 7.11. The first-order chi connectivity index (χ1) is 8.29. The summed E-state index contributed by atoms with van der Waals surface area (Å²) in [6.45, 7) is 9.83. The highest BCUT2D eigenvalue weighted by molar-refractivity contribution is 7.09. The summed E-state index contributed by atoms with van der Waals surface area (Å²) in [5.74, 6) is 0. The lowest BCUT2D eigenvalue weighted by Crippen LogP contribution is -2.49. The molecule has 0 radical (unpaired) electrons. The Morgan fingerprint density at radius 3 is 3.24 bits per heavy atom. The van der Waals surface area contributed by atoms with Crippen LogP contribution < -0.4 is 5.32 Å². The molecule has 0 bridgehead atoms. The fourth-order valence-electron chi connectivity index (χ4n) is 2.09. The normalized spacial score (nSPS) is 21.9. The average molecular weight is 255 g/mol. The first kappa shape index (κ1) is 13.0. The lowest BCUT2D eigenvalue weighted by Gasteiger charge is -2.35. The molecule has 2 rings (SSSR count). The summed E-state index contributed by atoms with van der Waals surface area (Å²) in [7, 11) is 0. The predicted octanol–water partition coefficient (Wildman–Crippen LogP) is 1.26. The van der Waals surface area contributed by atoms with Gasteiger partial charge in [0.25, 0.3) is 0 Å². The number of likely N-dealkylation sites (N-methyl/N-ethyl adjacent to an activating group) is 1. The Kier molecular flexibility index (Phi) is 4.91. The van der Waals surface area contributed by atoms with Crippen LogP contribution in [0.3, 0.4) is 0 Å². The molecule has 1 aromatic heterocycles. The van der Waals surface area contributed by atoms with Crippen LogP contribution in [-0.2, 0) is 11.3 Å². The van der Waals surface area contributed by atoms with E-state index in [9.17, 15) is 0 Å². The van der Waals surface area contributed by atoms with E-state index in [2.05, 4.69) is 34.4 Å². The van der Waals surface area contributed by atoms with E-state index >= 15 is 0 Å². The number of morpholine rings is 1. The third-order valence-electron chi connectivity index (χ3n) is 3.01. The molecule has 2 heterocycles. The van der Waals surface area contributed by atoms with Crippen LogP contribution in [0.25, 0.3) is 0 Å². The number of nitrogens with one attached hydrogen (secondary N) is 1. The molecule has 1 N–H and O–H groups in total. The number of ether oxygens (including phenoxy) is 1. The van der Waals surface area contributed by atoms with Crippen LogP contribution in [0, 0.1) is 6.92 Å². The zero-order valence-electron chi connectivity index (χ0n) is 10.6. The van der Waals surface area contributed by atoms with Crippen molar-refractivity contribution in [3.8, 4) is 0 Å². The maximum absolute atomic E-state index is 5.55. The SMILES string of the molecule is CCNCC1COCCN1Cc1csc(C)n1. The van der Waals surface area contributed by atoms with Gasteiger partial charge in [-0.05, 0) is 13.5 Å². The van der Waals surface area contributed by atoms with Gasteiger partial charge in [-0.25, -0.2) is 4.98 Å². The van der Waals surface area contributed by atoms with Gasteiger partial charge in [-0.1, -0.05) is 6.92 Å². The molecule has 96 valence electrons. The highest BCUT2D eigenvalue weighted by atomic mass is 32.1. The summed E-state index contributed by atoms with van der Waals surface area (Å²) in [5, 5.41) is 6.71. The van der Waals surface area contributed by atoms with Crippen LogP contribution in [0.1, 0.15) is 17.6 Å². The molecule has 0 aromatic carbocycles. The number of hydrogen-bond donors (Lipinski definition) is 1. The molecule has 0 spiro atoms. The summed E-state index contributed by atoms with van der Waals surface area (Å²) in [5.41, 5.74) is 1.19. The number of thiazole rings is 1. The van der Waals surface area contributed by atoms with Gasteiger partial charge in [-0.3, -0.25) is 4.90 Å². The Morgan fingerprint density at radius 1 is 1.65 bits per heavy atom. The Bertz CT molecular complexity index is 342. The Morgan fingerprint density at radius 2 is 2.53 bits per heavy atom. The summed E-state index contributed by atoms with van der Waals surface area (Å²) >= 11 is 1.73. The van der Waals surface area contributed by atoms with Crippen molar-refractivity contribution in [1.82, 2.24) is 15.2 Å². The molecule has 1 aliphatic rings. The monoisotopic (exact) mass is 255 g/mol. The number of aromatic nitrogens is 1. The fourth-order valence-corrected chi connectivity index (χ4v) is 2.69. The molecule has 1 saturated heterocycles. The van der Waals surface area contributed by atoms with Crippen molar-refractivity contribution in [2.45, 2.75) is 26.4 Å². The van der Waals surface area contributed by atoms with Crippen LogP contribution in [-0.4, -0.2) is 48.8 Å². The molecule has 0 amide bonds. The molecule has 17 heavy (non-hydrogen) atoms. The van der Waals surface area contributed by atoms with E-state index in [1.54, 1.807) is 11.3 Å². The van der Waals surface area contributed by atoms with Gasteiger partial charge < -0.3 is 10.1 Å². The van der Waals surface area contributed by atoms with Gasteiger partial charge in [0.1, 0.15) is 0 Å². The minimum atomic E-state index is 0.478. The molecule has 5 heteroatoms. The van der Waals surface area contributed by atoms with Gasteiger partial charge in [0.2, 0.25) is 0 Å². The van der Waals surface area contributed by atoms with Crippen molar-refractivity contribution in [3.63, 3.8) is 0 Å². The third kappa shape index (κ3) is 3.74. The maximum Gasteiger partial charge on any atom is 0.0897 e. The number of hydrogen-bond acceptors (Lipinski definition) is 5. The molecule has 1 atom stereocenters. The van der Waals surface area contributed by atoms with Gasteiger partial charge >= 0.3 is 0 Å². The summed E-state index contributed by atoms with van der Waals surface area (Å²) in [6.07, 6.45) is 0. The summed E-state index contributed by atoms with van der Waals surface area (Å²) in [4.78, 5) is 7.01. The fraction of sp³-hybridized carbons (Fsp3) is 0.750. The minimum absolute atomic E-state index is 0.478. The lowest BCUT2D eigenvalue weighted by molar-refractivity contribution is -0.0112. The van der Waals surface area contributed by atoms with Crippen molar-refractivity contribution >= 4 is 11.3 Å². The van der Waals surface area contributed by atoms with Crippen molar-refractivity contribution < 1.29 is 4.74 Å². The highest BCUT2D eigenvalue weighted by Crippen LogP contribution is 2.14. The maximum atomic E-state index is 5.55. The van der Waals surface area contributed by atoms with Crippen LogP contribution in [0.2, 0.25) is 0 Å². The Labute approximate surface area is 107 Å². The number of nitrogens with zero attached hydrogens (tertiary/aromatic N) is 2. The quantitative estimate of drug-likeness (QED) is 0.859. The van der Waals surface area contributed by atoms with E-state index in [1.165, 1.54) is 5.69 Å². The molecule has 4 nitrogen and oxygen atoms in total. The predicted molar refractivity (Wildman–Crippen MR) is 70.4 cm³/mol. The van der Waals surface area contributed by atoms with Crippen LogP contribution in [0.15, 0.2) is 5.38 Å². The van der Waals surface area contributed by atoms with Gasteiger partial charge in [0, 0.05) is 31.1 Å². The van der Waals surface area contributed by atoms with E-state index in [0.717, 1.165) is 44.4 Å². The largest absolute Gasteiger partial charge is 0.378 e. The van der Waals surface area contributed by atoms with Crippen molar-refractivity contribution in [2.24, 2.45) is 0 Å². The molecule has 0 saturated carbocycles. The zero-order valence-corrected chi connectivity index (χ0v) is 11.4. The smallest absolute Gasteiger partial charge is 0.0897 e. The molecule has 1 fully saturated rings. The molecular weight excluding hydrogens is 234 g/mol. The summed E-state index contributed by atoms with van der Waals surface area (Å²) in [6, 6.07) is 0.478. The Balaban J connectivity index is 1.91. The van der Waals surface area contributed by atoms with Crippen molar-refractivity contribution in [2.75, 3.05) is 32.8 Å². The van der Waals surface area contributed by atoms with Gasteiger partial charge in [0.05, 0.1) is 23.9 Å². The molecule has 0 aliphatic carbocycles. The summed E-state index contributed by atoms with van der Waals surface area (Å²) < 4.78 is 5.55. The first-order valence-electron chi connectivity index (χ1n) is 6.23. The molecule has 1 aromatic rings. The second-order valence-electron chi connectivity index (χ2n) is 4.36. The van der Waals surface area contributed by atoms with E-state index in [1.807, 2.05) is 0 Å². The van der Waals surface area contributed by atoms with E-state index in [4.69, 9.17) is 4.74 Å². The van der Waals surface area contributed by atoms with Crippen molar-refractivity contribution in [1.29, 1.82) is 0 Å². The van der Waals surface area contributed by atoms with Gasteiger partial charge in [-0.15, -0.1) is 11.3 Å². The Hall–Kier alpha value is -0.490. The standard InChI is InChI=1S/C12H21N3OS/c1-3-13-6-12-8-16-5-4-15(12)7-11-9-17-10(2)14-11/h9,12-13H,3-8H2,1-2H3. The second kappa shape index (κ2) is 6.44. The van der Waals surface area contributed by atoms with E-state index in [-0.39, 0.29) is 0 Å². The number of aryl methyl sites for hydroxylation is 1. The van der Waals surface area contributed by atoms with Crippen LogP contribution >= 0.6 is 11.3 Å². The van der Waals surface area contributed by atoms with Gasteiger partial charge in [-0.2, -0.15) is 0 Å². The van der Waals surface area contributed by atoms with Crippen LogP contribution in [0.4, 0.5) is 0 Å². The van der Waals surface area contributed by atoms with Crippen molar-refractivity contribution in [3.05, 3.63) is 16.1 Å². The molecule has 1 aliphatic heterocycles.